The Morgan fingerprint density at radius 2 is 1.80 bits per heavy atom. The molecule has 0 atom stereocenters. The molecule has 0 radical (unpaired) electrons. The van der Waals surface area contributed by atoms with E-state index in [0.29, 0.717) is 28.3 Å². The number of alkyl halides is 3. The summed E-state index contributed by atoms with van der Waals surface area (Å²) in [6, 6.07) is 12.5. The van der Waals surface area contributed by atoms with Crippen LogP contribution in [0.3, 0.4) is 0 Å². The van der Waals surface area contributed by atoms with Crippen LogP contribution >= 0.6 is 0 Å². The van der Waals surface area contributed by atoms with Crippen molar-refractivity contribution in [2.24, 2.45) is 0 Å². The first kappa shape index (κ1) is 18.4. The van der Waals surface area contributed by atoms with E-state index in [2.05, 4.69) is 10.3 Å². The number of pyridine rings is 1. The monoisotopic (exact) mass is 407 g/mol. The van der Waals surface area contributed by atoms with E-state index in [-0.39, 0.29) is 0 Å². The van der Waals surface area contributed by atoms with Crippen molar-refractivity contribution in [3.05, 3.63) is 77.6 Å². The Morgan fingerprint density at radius 1 is 1.00 bits per heavy atom. The van der Waals surface area contributed by atoms with E-state index in [9.17, 15) is 13.2 Å². The molecule has 0 saturated heterocycles. The lowest BCUT2D eigenvalue weighted by Gasteiger charge is -2.10. The average molecular weight is 407 g/mol. The van der Waals surface area contributed by atoms with Gasteiger partial charge in [0.05, 0.1) is 17.4 Å². The number of aryl methyl sites for hydroxylation is 1. The number of hydrogen-bond donors (Lipinski definition) is 2. The molecule has 4 aromatic rings. The van der Waals surface area contributed by atoms with Gasteiger partial charge in [0, 0.05) is 28.5 Å². The fourth-order valence-corrected chi connectivity index (χ4v) is 3.80. The zero-order valence-electron chi connectivity index (χ0n) is 15.7. The number of nitrogens with zero attached hydrogens (tertiary/aromatic N) is 1. The Balaban J connectivity index is 1.59. The zero-order valence-corrected chi connectivity index (χ0v) is 15.7. The van der Waals surface area contributed by atoms with Gasteiger partial charge in [0.25, 0.3) is 0 Å². The SMILES string of the molecule is N=C1CCc2cc(Nc3c(-c4ccc(C(F)(F)F)cc4)oc4cnccc34)ccc21. The number of halogens is 3. The second kappa shape index (κ2) is 6.73. The van der Waals surface area contributed by atoms with Crippen molar-refractivity contribution in [2.45, 2.75) is 19.0 Å². The molecule has 7 heteroatoms. The van der Waals surface area contributed by atoms with Gasteiger partial charge in [0.1, 0.15) is 0 Å². The quantitative estimate of drug-likeness (QED) is 0.404. The first-order valence-electron chi connectivity index (χ1n) is 9.42. The number of nitrogens with one attached hydrogen (secondary N) is 2. The van der Waals surface area contributed by atoms with Crippen LogP contribution in [0.4, 0.5) is 24.5 Å². The number of anilines is 2. The predicted molar refractivity (Wildman–Crippen MR) is 109 cm³/mol. The molecular formula is C23H16F3N3O. The Morgan fingerprint density at radius 3 is 2.57 bits per heavy atom. The van der Waals surface area contributed by atoms with Crippen molar-refractivity contribution >= 4 is 28.1 Å². The van der Waals surface area contributed by atoms with E-state index in [1.807, 2.05) is 18.2 Å². The van der Waals surface area contributed by atoms with Crippen LogP contribution in [-0.2, 0) is 12.6 Å². The van der Waals surface area contributed by atoms with Crippen LogP contribution in [-0.4, -0.2) is 10.7 Å². The van der Waals surface area contributed by atoms with Gasteiger partial charge in [-0.15, -0.1) is 0 Å². The molecule has 2 aromatic carbocycles. The Kier molecular flexibility index (Phi) is 4.13. The van der Waals surface area contributed by atoms with Crippen LogP contribution in [0.2, 0.25) is 0 Å². The summed E-state index contributed by atoms with van der Waals surface area (Å²) in [5.41, 5.74) is 4.57. The fraction of sp³-hybridized carbons (Fsp3) is 0.130. The third-order valence-corrected chi connectivity index (χ3v) is 5.31. The Bertz CT molecular complexity index is 1270. The first-order chi connectivity index (χ1) is 14.4. The van der Waals surface area contributed by atoms with Crippen LogP contribution < -0.4 is 5.32 Å². The lowest BCUT2D eigenvalue weighted by Crippen LogP contribution is -2.04. The molecule has 2 heterocycles. The third-order valence-electron chi connectivity index (χ3n) is 5.31. The Labute approximate surface area is 169 Å². The van der Waals surface area contributed by atoms with Crippen molar-refractivity contribution in [1.82, 2.24) is 4.98 Å². The molecule has 0 bridgehead atoms. The number of hydrogen-bond acceptors (Lipinski definition) is 4. The van der Waals surface area contributed by atoms with Gasteiger partial charge in [-0.2, -0.15) is 13.2 Å². The van der Waals surface area contributed by atoms with Gasteiger partial charge in [-0.05, 0) is 54.3 Å². The fourth-order valence-electron chi connectivity index (χ4n) is 3.80. The molecule has 1 aliphatic rings. The van der Waals surface area contributed by atoms with Crippen molar-refractivity contribution < 1.29 is 17.6 Å². The smallest absolute Gasteiger partial charge is 0.416 e. The molecule has 30 heavy (non-hydrogen) atoms. The van der Waals surface area contributed by atoms with Gasteiger partial charge in [-0.1, -0.05) is 18.2 Å². The van der Waals surface area contributed by atoms with E-state index < -0.39 is 11.7 Å². The predicted octanol–water partition coefficient (Wildman–Crippen LogP) is 6.57. The average Bonchev–Trinajstić information content (AvgIpc) is 3.28. The number of aromatic nitrogens is 1. The highest BCUT2D eigenvalue weighted by atomic mass is 19.4. The van der Waals surface area contributed by atoms with Gasteiger partial charge in [0.15, 0.2) is 11.3 Å². The van der Waals surface area contributed by atoms with E-state index in [0.717, 1.165) is 47.2 Å². The summed E-state index contributed by atoms with van der Waals surface area (Å²) in [5.74, 6) is 0.444. The van der Waals surface area contributed by atoms with Gasteiger partial charge >= 0.3 is 6.18 Å². The molecular weight excluding hydrogens is 391 g/mol. The maximum atomic E-state index is 12.9. The second-order valence-corrected chi connectivity index (χ2v) is 7.23. The molecule has 0 saturated carbocycles. The van der Waals surface area contributed by atoms with E-state index >= 15 is 0 Å². The van der Waals surface area contributed by atoms with Crippen molar-refractivity contribution in [1.29, 1.82) is 5.41 Å². The summed E-state index contributed by atoms with van der Waals surface area (Å²) in [7, 11) is 0. The molecule has 4 nitrogen and oxygen atoms in total. The zero-order chi connectivity index (χ0) is 20.9. The second-order valence-electron chi connectivity index (χ2n) is 7.23. The topological polar surface area (TPSA) is 61.9 Å². The highest BCUT2D eigenvalue weighted by Crippen LogP contribution is 2.41. The molecule has 0 amide bonds. The van der Waals surface area contributed by atoms with Crippen molar-refractivity contribution in [2.75, 3.05) is 5.32 Å². The number of benzene rings is 2. The normalized spacial score (nSPS) is 13.6. The summed E-state index contributed by atoms with van der Waals surface area (Å²) >= 11 is 0. The molecule has 150 valence electrons. The summed E-state index contributed by atoms with van der Waals surface area (Å²) < 4.78 is 44.8. The summed E-state index contributed by atoms with van der Waals surface area (Å²) in [5, 5.41) is 12.1. The highest BCUT2D eigenvalue weighted by Gasteiger charge is 2.30. The van der Waals surface area contributed by atoms with Gasteiger partial charge < -0.3 is 15.1 Å². The summed E-state index contributed by atoms with van der Waals surface area (Å²) in [6.07, 6.45) is 0.388. The lowest BCUT2D eigenvalue weighted by molar-refractivity contribution is -0.137. The van der Waals surface area contributed by atoms with Crippen LogP contribution in [0.15, 0.2) is 65.3 Å². The molecule has 0 unspecified atom stereocenters. The third kappa shape index (κ3) is 3.12. The van der Waals surface area contributed by atoms with Gasteiger partial charge in [0.2, 0.25) is 0 Å². The molecule has 0 fully saturated rings. The van der Waals surface area contributed by atoms with Crippen LogP contribution in [0.1, 0.15) is 23.1 Å². The van der Waals surface area contributed by atoms with Crippen molar-refractivity contribution in [3.8, 4) is 11.3 Å². The minimum absolute atomic E-state index is 0.444. The van der Waals surface area contributed by atoms with E-state index in [4.69, 9.17) is 9.83 Å². The summed E-state index contributed by atoms with van der Waals surface area (Å²) in [4.78, 5) is 4.08. The first-order valence-corrected chi connectivity index (χ1v) is 9.42. The van der Waals surface area contributed by atoms with E-state index in [1.165, 1.54) is 12.1 Å². The van der Waals surface area contributed by atoms with Crippen molar-refractivity contribution in [3.63, 3.8) is 0 Å². The maximum absolute atomic E-state index is 12.9. The molecule has 0 spiro atoms. The van der Waals surface area contributed by atoms with Crippen LogP contribution in [0.5, 0.6) is 0 Å². The molecule has 5 rings (SSSR count). The van der Waals surface area contributed by atoms with Crippen LogP contribution in [0.25, 0.3) is 22.3 Å². The minimum Gasteiger partial charge on any atom is -0.452 e. The van der Waals surface area contributed by atoms with Crippen LogP contribution in [0, 0.1) is 5.41 Å². The largest absolute Gasteiger partial charge is 0.452 e. The minimum atomic E-state index is -4.39. The lowest BCUT2D eigenvalue weighted by atomic mass is 10.1. The number of rotatable bonds is 3. The molecule has 2 aromatic heterocycles. The molecule has 1 aliphatic carbocycles. The number of fused-ring (bicyclic) bond motifs is 2. The standard InChI is InChI=1S/C23H16F3N3O/c24-23(25,26)15-4-1-13(2-5-15)22-21(18-9-10-28-12-20(18)30-22)29-16-6-7-17-14(11-16)3-8-19(17)27/h1-2,4-7,9-12,27,29H,3,8H2. The maximum Gasteiger partial charge on any atom is 0.416 e. The van der Waals surface area contributed by atoms with E-state index in [1.54, 1.807) is 18.5 Å². The summed E-state index contributed by atoms with van der Waals surface area (Å²) in [6.45, 7) is 0. The Hall–Kier alpha value is -3.61. The number of furan rings is 1. The van der Waals surface area contributed by atoms with Gasteiger partial charge in [-0.3, -0.25) is 4.98 Å². The van der Waals surface area contributed by atoms with Gasteiger partial charge in [-0.25, -0.2) is 0 Å². The highest BCUT2D eigenvalue weighted by molar-refractivity contribution is 6.03. The molecule has 2 N–H and O–H groups in total. The molecule has 0 aliphatic heterocycles.